The maximum atomic E-state index is 14.6. The standard InChI is InChI=1S/C10H16FN3O/c1-14-9(8(15-2)6-13-14)10(11)4-3-5-12-7-10/h6,12H,3-5,7H2,1-2H3. The van der Waals surface area contributed by atoms with Crippen LogP contribution in [-0.2, 0) is 12.7 Å². The van der Waals surface area contributed by atoms with Gasteiger partial charge in [-0.15, -0.1) is 0 Å². The van der Waals surface area contributed by atoms with E-state index in [-0.39, 0.29) is 0 Å². The van der Waals surface area contributed by atoms with E-state index in [2.05, 4.69) is 10.4 Å². The molecule has 0 aromatic carbocycles. The molecule has 1 aromatic heterocycles. The minimum absolute atomic E-state index is 0.336. The number of hydrogen-bond acceptors (Lipinski definition) is 3. The van der Waals surface area contributed by atoms with Crippen molar-refractivity contribution in [1.29, 1.82) is 0 Å². The van der Waals surface area contributed by atoms with Gasteiger partial charge in [-0.3, -0.25) is 4.68 Å². The molecular weight excluding hydrogens is 197 g/mol. The molecule has 0 radical (unpaired) electrons. The molecule has 2 heterocycles. The van der Waals surface area contributed by atoms with Gasteiger partial charge in [-0.2, -0.15) is 5.10 Å². The highest BCUT2D eigenvalue weighted by molar-refractivity contribution is 5.31. The molecule has 1 aliphatic heterocycles. The van der Waals surface area contributed by atoms with Crippen LogP contribution in [0.4, 0.5) is 4.39 Å². The topological polar surface area (TPSA) is 39.1 Å². The minimum atomic E-state index is -1.35. The maximum absolute atomic E-state index is 14.6. The zero-order valence-electron chi connectivity index (χ0n) is 9.09. The molecule has 5 heteroatoms. The van der Waals surface area contributed by atoms with Crippen molar-refractivity contribution in [2.45, 2.75) is 18.5 Å². The number of piperidine rings is 1. The van der Waals surface area contributed by atoms with Gasteiger partial charge in [-0.25, -0.2) is 4.39 Å². The second-order valence-electron chi connectivity index (χ2n) is 3.93. The number of hydrogen-bond donors (Lipinski definition) is 1. The fraction of sp³-hybridized carbons (Fsp3) is 0.700. The van der Waals surface area contributed by atoms with Crippen LogP contribution in [0.25, 0.3) is 0 Å². The van der Waals surface area contributed by atoms with Crippen LogP contribution in [0.5, 0.6) is 5.75 Å². The number of alkyl halides is 1. The summed E-state index contributed by atoms with van der Waals surface area (Å²) in [6.07, 6.45) is 2.92. The number of rotatable bonds is 2. The fourth-order valence-corrected chi connectivity index (χ4v) is 2.15. The molecule has 1 unspecified atom stereocenters. The first kappa shape index (κ1) is 10.4. The van der Waals surface area contributed by atoms with E-state index in [4.69, 9.17) is 4.74 Å². The molecule has 0 saturated carbocycles. The van der Waals surface area contributed by atoms with Crippen LogP contribution < -0.4 is 10.1 Å². The highest BCUT2D eigenvalue weighted by Crippen LogP contribution is 2.37. The van der Waals surface area contributed by atoms with Crippen LogP contribution in [0.1, 0.15) is 18.5 Å². The summed E-state index contributed by atoms with van der Waals surface area (Å²) in [5, 5.41) is 7.10. The normalized spacial score (nSPS) is 26.6. The van der Waals surface area contributed by atoms with Gasteiger partial charge in [0.1, 0.15) is 5.69 Å². The molecule has 1 saturated heterocycles. The van der Waals surface area contributed by atoms with Crippen molar-refractivity contribution >= 4 is 0 Å². The molecule has 0 amide bonds. The van der Waals surface area contributed by atoms with Crippen molar-refractivity contribution in [2.24, 2.45) is 7.05 Å². The van der Waals surface area contributed by atoms with Crippen molar-refractivity contribution in [3.63, 3.8) is 0 Å². The summed E-state index contributed by atoms with van der Waals surface area (Å²) < 4.78 is 21.3. The monoisotopic (exact) mass is 213 g/mol. The van der Waals surface area contributed by atoms with Gasteiger partial charge in [0.25, 0.3) is 0 Å². The van der Waals surface area contributed by atoms with Crippen LogP contribution in [0.15, 0.2) is 6.20 Å². The molecule has 0 bridgehead atoms. The lowest BCUT2D eigenvalue weighted by Gasteiger charge is -2.30. The van der Waals surface area contributed by atoms with E-state index in [9.17, 15) is 4.39 Å². The van der Waals surface area contributed by atoms with Gasteiger partial charge in [0.2, 0.25) is 0 Å². The molecule has 84 valence electrons. The Labute approximate surface area is 88.4 Å². The molecular formula is C10H16FN3O. The number of aromatic nitrogens is 2. The minimum Gasteiger partial charge on any atom is -0.493 e. The smallest absolute Gasteiger partial charge is 0.168 e. The first-order valence-electron chi connectivity index (χ1n) is 5.13. The Balaban J connectivity index is 2.37. The molecule has 4 nitrogen and oxygen atoms in total. The van der Waals surface area contributed by atoms with Crippen molar-refractivity contribution in [3.8, 4) is 5.75 Å². The molecule has 1 atom stereocenters. The Morgan fingerprint density at radius 1 is 1.67 bits per heavy atom. The Morgan fingerprint density at radius 2 is 2.47 bits per heavy atom. The SMILES string of the molecule is COc1cnn(C)c1C1(F)CCCNC1. The molecule has 0 spiro atoms. The molecule has 1 N–H and O–H groups in total. The van der Waals surface area contributed by atoms with Crippen molar-refractivity contribution < 1.29 is 9.13 Å². The molecule has 1 aliphatic rings. The van der Waals surface area contributed by atoms with E-state index < -0.39 is 5.67 Å². The Morgan fingerprint density at radius 3 is 3.07 bits per heavy atom. The average Bonchev–Trinajstić information content (AvgIpc) is 2.61. The average molecular weight is 213 g/mol. The van der Waals surface area contributed by atoms with Gasteiger partial charge in [0.05, 0.1) is 13.3 Å². The molecule has 1 fully saturated rings. The van der Waals surface area contributed by atoms with E-state index in [1.54, 1.807) is 25.0 Å². The fourth-order valence-electron chi connectivity index (χ4n) is 2.15. The number of halogens is 1. The van der Waals surface area contributed by atoms with Crippen molar-refractivity contribution in [3.05, 3.63) is 11.9 Å². The predicted octanol–water partition coefficient (Wildman–Crippen LogP) is 0.977. The van der Waals surface area contributed by atoms with E-state index in [0.29, 0.717) is 24.4 Å². The Kier molecular flexibility index (Phi) is 2.65. The summed E-state index contributed by atoms with van der Waals surface area (Å²) >= 11 is 0. The number of nitrogens with one attached hydrogen (secondary N) is 1. The van der Waals surface area contributed by atoms with Gasteiger partial charge in [-0.1, -0.05) is 0 Å². The second kappa shape index (κ2) is 3.81. The molecule has 1 aromatic rings. The molecule has 15 heavy (non-hydrogen) atoms. The highest BCUT2D eigenvalue weighted by atomic mass is 19.1. The second-order valence-corrected chi connectivity index (χ2v) is 3.93. The first-order chi connectivity index (χ1) is 7.17. The van der Waals surface area contributed by atoms with E-state index in [0.717, 1.165) is 13.0 Å². The predicted molar refractivity (Wildman–Crippen MR) is 54.6 cm³/mol. The number of aryl methyl sites for hydroxylation is 1. The zero-order chi connectivity index (χ0) is 10.9. The van der Waals surface area contributed by atoms with Gasteiger partial charge in [0.15, 0.2) is 11.4 Å². The summed E-state index contributed by atoms with van der Waals surface area (Å²) in [6.45, 7) is 1.22. The van der Waals surface area contributed by atoms with Gasteiger partial charge in [0, 0.05) is 13.6 Å². The first-order valence-corrected chi connectivity index (χ1v) is 5.13. The third kappa shape index (κ3) is 1.71. The summed E-state index contributed by atoms with van der Waals surface area (Å²) in [6, 6.07) is 0. The van der Waals surface area contributed by atoms with Crippen LogP contribution in [0, 0.1) is 0 Å². The Bertz CT molecular complexity index is 344. The highest BCUT2D eigenvalue weighted by Gasteiger charge is 2.39. The molecule has 0 aliphatic carbocycles. The van der Waals surface area contributed by atoms with Gasteiger partial charge < -0.3 is 10.1 Å². The third-order valence-electron chi connectivity index (χ3n) is 2.88. The number of methoxy groups -OCH3 is 1. The van der Waals surface area contributed by atoms with Crippen molar-refractivity contribution in [1.82, 2.24) is 15.1 Å². The maximum Gasteiger partial charge on any atom is 0.168 e. The third-order valence-corrected chi connectivity index (χ3v) is 2.88. The molecule has 2 rings (SSSR count). The largest absolute Gasteiger partial charge is 0.493 e. The lowest BCUT2D eigenvalue weighted by molar-refractivity contribution is 0.108. The lowest BCUT2D eigenvalue weighted by Crippen LogP contribution is -2.41. The number of ether oxygens (including phenoxy) is 1. The Hall–Kier alpha value is -1.10. The van der Waals surface area contributed by atoms with Gasteiger partial charge in [-0.05, 0) is 19.4 Å². The van der Waals surface area contributed by atoms with E-state index in [1.165, 1.54) is 0 Å². The summed E-state index contributed by atoms with van der Waals surface area (Å²) in [5.74, 6) is 0.531. The van der Waals surface area contributed by atoms with Crippen LogP contribution >= 0.6 is 0 Å². The van der Waals surface area contributed by atoms with Crippen LogP contribution in [-0.4, -0.2) is 30.0 Å². The lowest BCUT2D eigenvalue weighted by atomic mass is 9.92. The van der Waals surface area contributed by atoms with Crippen LogP contribution in [0.3, 0.4) is 0 Å². The quantitative estimate of drug-likeness (QED) is 0.796. The van der Waals surface area contributed by atoms with Crippen LogP contribution in [0.2, 0.25) is 0 Å². The summed E-state index contributed by atoms with van der Waals surface area (Å²) in [5.41, 5.74) is -0.813. The zero-order valence-corrected chi connectivity index (χ0v) is 9.09. The van der Waals surface area contributed by atoms with Crippen molar-refractivity contribution in [2.75, 3.05) is 20.2 Å². The van der Waals surface area contributed by atoms with Gasteiger partial charge >= 0.3 is 0 Å². The number of nitrogens with zero attached hydrogens (tertiary/aromatic N) is 2. The summed E-state index contributed by atoms with van der Waals surface area (Å²) in [7, 11) is 3.29. The van der Waals surface area contributed by atoms with E-state index in [1.807, 2.05) is 0 Å². The van der Waals surface area contributed by atoms with E-state index >= 15 is 0 Å². The summed E-state index contributed by atoms with van der Waals surface area (Å²) in [4.78, 5) is 0.